The number of hydrogen-bond donors (Lipinski definition) is 2. The van der Waals surface area contributed by atoms with E-state index in [1.54, 1.807) is 0 Å². The zero-order chi connectivity index (χ0) is 16.7. The Hall–Kier alpha value is -1.04. The predicted octanol–water partition coefficient (Wildman–Crippen LogP) is 2.30. The van der Waals surface area contributed by atoms with Gasteiger partial charge in [0.2, 0.25) is 5.91 Å². The number of likely N-dealkylation sites (tertiary alicyclic amines) is 1. The number of piperidine rings is 1. The van der Waals surface area contributed by atoms with Crippen molar-refractivity contribution in [3.63, 3.8) is 0 Å². The second-order valence-electron chi connectivity index (χ2n) is 6.54. The fraction of sp³-hybridized carbons (Fsp3) is 0.611. The van der Waals surface area contributed by atoms with Crippen molar-refractivity contribution in [3.8, 4) is 0 Å². The second kappa shape index (κ2) is 9.30. The summed E-state index contributed by atoms with van der Waals surface area (Å²) in [4.78, 5) is 15.2. The summed E-state index contributed by atoms with van der Waals surface area (Å²) in [5.74, 6) is 1.15. The van der Waals surface area contributed by atoms with E-state index in [9.17, 15) is 9.90 Å². The average molecular weight is 337 g/mol. The standard InChI is InChI=1S/C18H28N2O2S/c1-14-3-5-17(6-4-14)23-13-18(22)19-11-16(21)12-20-9-7-15(2)8-10-20/h3-6,15-16,21H,7-13H2,1-2H3,(H,19,22). The lowest BCUT2D eigenvalue weighted by Crippen LogP contribution is -2.43. The number of benzene rings is 1. The van der Waals surface area contributed by atoms with Crippen LogP contribution < -0.4 is 5.32 Å². The van der Waals surface area contributed by atoms with Crippen LogP contribution in [0.1, 0.15) is 25.3 Å². The second-order valence-corrected chi connectivity index (χ2v) is 7.59. The molecule has 0 spiro atoms. The van der Waals surface area contributed by atoms with E-state index in [1.807, 2.05) is 31.2 Å². The van der Waals surface area contributed by atoms with Crippen LogP contribution >= 0.6 is 11.8 Å². The van der Waals surface area contributed by atoms with Gasteiger partial charge in [-0.15, -0.1) is 11.8 Å². The lowest BCUT2D eigenvalue weighted by molar-refractivity contribution is -0.119. The summed E-state index contributed by atoms with van der Waals surface area (Å²) in [6.45, 7) is 7.41. The molecule has 128 valence electrons. The van der Waals surface area contributed by atoms with Gasteiger partial charge >= 0.3 is 0 Å². The van der Waals surface area contributed by atoms with E-state index in [0.717, 1.165) is 23.9 Å². The van der Waals surface area contributed by atoms with Crippen LogP contribution in [-0.2, 0) is 4.79 Å². The van der Waals surface area contributed by atoms with Crippen molar-refractivity contribution in [1.82, 2.24) is 10.2 Å². The minimum atomic E-state index is -0.489. The van der Waals surface area contributed by atoms with Gasteiger partial charge in [0.05, 0.1) is 11.9 Å². The highest BCUT2D eigenvalue weighted by Gasteiger charge is 2.18. The number of β-amino-alcohol motifs (C(OH)–C–C–N with tert-alkyl or cyclic N) is 1. The fourth-order valence-corrected chi connectivity index (χ4v) is 3.40. The third-order valence-electron chi connectivity index (χ3n) is 4.27. The fourth-order valence-electron chi connectivity index (χ4n) is 2.67. The highest BCUT2D eigenvalue weighted by Crippen LogP contribution is 2.18. The minimum absolute atomic E-state index is 0.0260. The highest BCUT2D eigenvalue weighted by molar-refractivity contribution is 8.00. The van der Waals surface area contributed by atoms with E-state index in [2.05, 4.69) is 17.1 Å². The lowest BCUT2D eigenvalue weighted by Gasteiger charge is -2.31. The summed E-state index contributed by atoms with van der Waals surface area (Å²) in [7, 11) is 0. The molecule has 0 saturated carbocycles. The molecule has 2 rings (SSSR count). The Morgan fingerprint density at radius 2 is 2.00 bits per heavy atom. The highest BCUT2D eigenvalue weighted by atomic mass is 32.2. The van der Waals surface area contributed by atoms with Crippen molar-refractivity contribution in [3.05, 3.63) is 29.8 Å². The molecule has 1 unspecified atom stereocenters. The van der Waals surface area contributed by atoms with Crippen molar-refractivity contribution < 1.29 is 9.90 Å². The van der Waals surface area contributed by atoms with Gasteiger partial charge in [0, 0.05) is 18.0 Å². The molecule has 1 aliphatic rings. The van der Waals surface area contributed by atoms with Crippen LogP contribution in [0, 0.1) is 12.8 Å². The van der Waals surface area contributed by atoms with Crippen LogP contribution in [0.2, 0.25) is 0 Å². The Bertz CT molecular complexity index is 484. The van der Waals surface area contributed by atoms with Gasteiger partial charge in [0.15, 0.2) is 0 Å². The summed E-state index contributed by atoms with van der Waals surface area (Å²) >= 11 is 1.52. The van der Waals surface area contributed by atoms with Gasteiger partial charge in [0.25, 0.3) is 0 Å². The Kier molecular flexibility index (Phi) is 7.40. The molecule has 0 radical (unpaired) electrons. The molecule has 0 aromatic heterocycles. The Morgan fingerprint density at radius 1 is 1.35 bits per heavy atom. The van der Waals surface area contributed by atoms with E-state index >= 15 is 0 Å². The van der Waals surface area contributed by atoms with E-state index in [-0.39, 0.29) is 5.91 Å². The molecule has 23 heavy (non-hydrogen) atoms. The molecule has 1 aliphatic heterocycles. The minimum Gasteiger partial charge on any atom is -0.390 e. The number of nitrogens with zero attached hydrogens (tertiary/aromatic N) is 1. The SMILES string of the molecule is Cc1ccc(SCC(=O)NCC(O)CN2CCC(C)CC2)cc1. The number of aryl methyl sites for hydroxylation is 1. The molecule has 1 saturated heterocycles. The zero-order valence-corrected chi connectivity index (χ0v) is 14.9. The first-order valence-corrected chi connectivity index (χ1v) is 9.38. The van der Waals surface area contributed by atoms with Crippen molar-refractivity contribution >= 4 is 17.7 Å². The molecule has 1 aromatic rings. The summed E-state index contributed by atoms with van der Waals surface area (Å²) in [6.07, 6.45) is 1.91. The molecule has 1 heterocycles. The number of aliphatic hydroxyl groups excluding tert-OH is 1. The van der Waals surface area contributed by atoms with E-state index in [1.165, 1.54) is 30.2 Å². The van der Waals surface area contributed by atoms with Gasteiger partial charge in [-0.1, -0.05) is 24.6 Å². The van der Waals surface area contributed by atoms with Gasteiger partial charge in [-0.25, -0.2) is 0 Å². The van der Waals surface area contributed by atoms with Crippen LogP contribution in [0.3, 0.4) is 0 Å². The lowest BCUT2D eigenvalue weighted by atomic mass is 9.99. The monoisotopic (exact) mass is 336 g/mol. The first kappa shape index (κ1) is 18.3. The van der Waals surface area contributed by atoms with Gasteiger partial charge < -0.3 is 15.3 Å². The predicted molar refractivity (Wildman–Crippen MR) is 95.8 cm³/mol. The Morgan fingerprint density at radius 3 is 2.65 bits per heavy atom. The molecule has 5 heteroatoms. The van der Waals surface area contributed by atoms with Crippen molar-refractivity contribution in [2.75, 3.05) is 31.9 Å². The van der Waals surface area contributed by atoms with Crippen molar-refractivity contribution in [1.29, 1.82) is 0 Å². The first-order valence-electron chi connectivity index (χ1n) is 8.39. The third-order valence-corrected chi connectivity index (χ3v) is 5.28. The third kappa shape index (κ3) is 6.94. The number of aliphatic hydroxyl groups is 1. The van der Waals surface area contributed by atoms with Crippen molar-refractivity contribution in [2.24, 2.45) is 5.92 Å². The molecule has 1 atom stereocenters. The molecule has 4 nitrogen and oxygen atoms in total. The largest absolute Gasteiger partial charge is 0.390 e. The molecule has 0 bridgehead atoms. The van der Waals surface area contributed by atoms with Gasteiger partial charge in [-0.05, 0) is 50.9 Å². The molecular formula is C18H28N2O2S. The van der Waals surface area contributed by atoms with E-state index < -0.39 is 6.10 Å². The number of nitrogens with one attached hydrogen (secondary N) is 1. The maximum absolute atomic E-state index is 11.9. The van der Waals surface area contributed by atoms with E-state index in [0.29, 0.717) is 18.8 Å². The van der Waals surface area contributed by atoms with Gasteiger partial charge in [0.1, 0.15) is 0 Å². The maximum atomic E-state index is 11.9. The maximum Gasteiger partial charge on any atom is 0.230 e. The normalized spacial score (nSPS) is 17.9. The number of carbonyl (C=O) groups excluding carboxylic acids is 1. The number of hydrogen-bond acceptors (Lipinski definition) is 4. The smallest absolute Gasteiger partial charge is 0.230 e. The van der Waals surface area contributed by atoms with Gasteiger partial charge in [-0.3, -0.25) is 4.79 Å². The first-order chi connectivity index (χ1) is 11.0. The number of amides is 1. The van der Waals surface area contributed by atoms with Crippen LogP contribution in [0.15, 0.2) is 29.2 Å². The molecule has 1 fully saturated rings. The molecular weight excluding hydrogens is 308 g/mol. The molecule has 1 amide bonds. The zero-order valence-electron chi connectivity index (χ0n) is 14.1. The molecule has 1 aromatic carbocycles. The molecule has 0 aliphatic carbocycles. The van der Waals surface area contributed by atoms with E-state index in [4.69, 9.17) is 0 Å². The number of rotatable bonds is 7. The Labute approximate surface area is 143 Å². The number of carbonyl (C=O) groups is 1. The summed E-state index contributed by atoms with van der Waals surface area (Å²) in [5.41, 5.74) is 1.22. The van der Waals surface area contributed by atoms with Gasteiger partial charge in [-0.2, -0.15) is 0 Å². The van der Waals surface area contributed by atoms with Crippen LogP contribution in [0.25, 0.3) is 0 Å². The Balaban J connectivity index is 1.60. The molecule has 2 N–H and O–H groups in total. The van der Waals surface area contributed by atoms with Crippen molar-refractivity contribution in [2.45, 2.75) is 37.7 Å². The number of thioether (sulfide) groups is 1. The average Bonchev–Trinajstić information content (AvgIpc) is 2.54. The quantitative estimate of drug-likeness (QED) is 0.750. The summed E-state index contributed by atoms with van der Waals surface area (Å²) in [6, 6.07) is 8.14. The van der Waals surface area contributed by atoms with Crippen LogP contribution in [-0.4, -0.2) is 53.9 Å². The summed E-state index contributed by atoms with van der Waals surface area (Å²) < 4.78 is 0. The van der Waals surface area contributed by atoms with Crippen LogP contribution in [0.5, 0.6) is 0 Å². The topological polar surface area (TPSA) is 52.6 Å². The summed E-state index contributed by atoms with van der Waals surface area (Å²) in [5, 5.41) is 12.9. The van der Waals surface area contributed by atoms with Crippen LogP contribution in [0.4, 0.5) is 0 Å².